The Balaban J connectivity index is 2.19. The Kier molecular flexibility index (Phi) is 3.84. The maximum absolute atomic E-state index is 10.8. The average Bonchev–Trinajstić information content (AvgIpc) is 2.16. The van der Waals surface area contributed by atoms with Gasteiger partial charge in [-0.05, 0) is 6.42 Å². The van der Waals surface area contributed by atoms with E-state index in [9.17, 15) is 9.59 Å². The highest BCUT2D eigenvalue weighted by Gasteiger charge is 2.18. The summed E-state index contributed by atoms with van der Waals surface area (Å²) in [5.41, 5.74) is 10.4. The first-order chi connectivity index (χ1) is 6.59. The second kappa shape index (κ2) is 4.92. The maximum atomic E-state index is 10.8. The Morgan fingerprint density at radius 2 is 2.43 bits per heavy atom. The molecule has 1 aliphatic rings. The molecule has 0 radical (unpaired) electrons. The number of piperidine rings is 1. The molecule has 0 spiro atoms. The van der Waals surface area contributed by atoms with Crippen LogP contribution in [0.3, 0.4) is 0 Å². The molecule has 1 saturated heterocycles. The number of amides is 2. The first kappa shape index (κ1) is 10.9. The number of hydrogen-bond donors (Lipinski definition) is 4. The van der Waals surface area contributed by atoms with Gasteiger partial charge < -0.3 is 22.1 Å². The van der Waals surface area contributed by atoms with Gasteiger partial charge in [-0.2, -0.15) is 0 Å². The van der Waals surface area contributed by atoms with Crippen LogP contribution in [0.5, 0.6) is 0 Å². The van der Waals surface area contributed by atoms with Crippen LogP contribution in [0.15, 0.2) is 0 Å². The molecule has 2 amide bonds. The molecule has 14 heavy (non-hydrogen) atoms. The number of carbonyl (C=O) groups is 2. The first-order valence-electron chi connectivity index (χ1n) is 4.64. The quantitative estimate of drug-likeness (QED) is 0.408. The molecule has 0 saturated carbocycles. The molecule has 6 heteroatoms. The molecule has 0 aromatic heterocycles. The van der Waals surface area contributed by atoms with E-state index in [0.29, 0.717) is 19.5 Å². The highest BCUT2D eigenvalue weighted by Crippen LogP contribution is 2.01. The van der Waals surface area contributed by atoms with Gasteiger partial charge >= 0.3 is 0 Å². The Bertz CT molecular complexity index is 221. The van der Waals surface area contributed by atoms with E-state index in [2.05, 4.69) is 10.6 Å². The summed E-state index contributed by atoms with van der Waals surface area (Å²) in [7, 11) is 0. The van der Waals surface area contributed by atoms with Crippen molar-refractivity contribution >= 4 is 11.8 Å². The Hall–Kier alpha value is -1.14. The van der Waals surface area contributed by atoms with Gasteiger partial charge in [0.25, 0.3) is 0 Å². The van der Waals surface area contributed by atoms with Gasteiger partial charge in [-0.1, -0.05) is 0 Å². The number of primary amides is 1. The molecule has 1 aliphatic heterocycles. The molecular formula is C8H16N4O2. The van der Waals surface area contributed by atoms with Crippen LogP contribution in [0.25, 0.3) is 0 Å². The molecule has 0 bridgehead atoms. The molecule has 1 rings (SSSR count). The number of nitrogens with one attached hydrogen (secondary N) is 2. The smallest absolute Gasteiger partial charge is 0.235 e. The van der Waals surface area contributed by atoms with Crippen molar-refractivity contribution in [2.24, 2.45) is 11.5 Å². The van der Waals surface area contributed by atoms with E-state index in [0.717, 1.165) is 6.42 Å². The van der Waals surface area contributed by atoms with E-state index in [-0.39, 0.29) is 11.9 Å². The van der Waals surface area contributed by atoms with Gasteiger partial charge in [0, 0.05) is 25.6 Å². The lowest BCUT2D eigenvalue weighted by atomic mass is 10.1. The van der Waals surface area contributed by atoms with Crippen LogP contribution in [0.2, 0.25) is 0 Å². The zero-order valence-electron chi connectivity index (χ0n) is 7.95. The van der Waals surface area contributed by atoms with E-state index >= 15 is 0 Å². The molecule has 1 fully saturated rings. The minimum atomic E-state index is -0.660. The number of hydrogen-bond acceptors (Lipinski definition) is 4. The summed E-state index contributed by atoms with van der Waals surface area (Å²) in [5.74, 6) is -0.445. The highest BCUT2D eigenvalue weighted by molar-refractivity contribution is 5.79. The summed E-state index contributed by atoms with van der Waals surface area (Å²) in [6, 6.07) is -0.467. The third-order valence-corrected chi connectivity index (χ3v) is 2.26. The molecule has 80 valence electrons. The lowest BCUT2D eigenvalue weighted by Gasteiger charge is -2.24. The van der Waals surface area contributed by atoms with Gasteiger partial charge in [-0.3, -0.25) is 9.59 Å². The van der Waals surface area contributed by atoms with Crippen LogP contribution in [-0.4, -0.2) is 37.0 Å². The normalized spacial score (nSPS) is 24.1. The van der Waals surface area contributed by atoms with Gasteiger partial charge in [-0.15, -0.1) is 0 Å². The van der Waals surface area contributed by atoms with Crippen molar-refractivity contribution in [3.63, 3.8) is 0 Å². The van der Waals surface area contributed by atoms with Gasteiger partial charge in [0.1, 0.15) is 0 Å². The molecule has 6 N–H and O–H groups in total. The lowest BCUT2D eigenvalue weighted by Crippen LogP contribution is -2.51. The second-order valence-corrected chi connectivity index (χ2v) is 3.46. The number of carbonyl (C=O) groups excluding carboxylic acids is 2. The van der Waals surface area contributed by atoms with Crippen LogP contribution in [0, 0.1) is 0 Å². The summed E-state index contributed by atoms with van der Waals surface area (Å²) in [5, 5.41) is 5.81. The Labute approximate surface area is 82.4 Å². The fraction of sp³-hybridized carbons (Fsp3) is 0.750. The van der Waals surface area contributed by atoms with E-state index in [1.165, 1.54) is 0 Å². The predicted molar refractivity (Wildman–Crippen MR) is 51.2 cm³/mol. The topological polar surface area (TPSA) is 110 Å². The van der Waals surface area contributed by atoms with E-state index in [1.807, 2.05) is 0 Å². The fourth-order valence-corrected chi connectivity index (χ4v) is 1.30. The van der Waals surface area contributed by atoms with Crippen molar-refractivity contribution in [3.8, 4) is 0 Å². The summed E-state index contributed by atoms with van der Waals surface area (Å²) >= 11 is 0. The van der Waals surface area contributed by atoms with Crippen LogP contribution < -0.4 is 22.1 Å². The Morgan fingerprint density at radius 1 is 1.71 bits per heavy atom. The summed E-state index contributed by atoms with van der Waals surface area (Å²) in [6.07, 6.45) is 1.29. The molecule has 0 aromatic carbocycles. The molecule has 2 atom stereocenters. The zero-order valence-corrected chi connectivity index (χ0v) is 7.95. The largest absolute Gasteiger partial charge is 0.368 e. The molecular weight excluding hydrogens is 184 g/mol. The molecule has 6 nitrogen and oxygen atoms in total. The van der Waals surface area contributed by atoms with Crippen LogP contribution in [0.1, 0.15) is 12.8 Å². The highest BCUT2D eigenvalue weighted by atomic mass is 16.2. The van der Waals surface area contributed by atoms with Gasteiger partial charge in [0.05, 0.1) is 6.04 Å². The minimum Gasteiger partial charge on any atom is -0.368 e. The van der Waals surface area contributed by atoms with Gasteiger partial charge in [-0.25, -0.2) is 0 Å². The number of nitrogens with two attached hydrogens (primary N) is 2. The molecule has 1 heterocycles. The zero-order chi connectivity index (χ0) is 10.6. The van der Waals surface area contributed by atoms with Crippen molar-refractivity contribution < 1.29 is 9.59 Å². The van der Waals surface area contributed by atoms with Crippen LogP contribution in [-0.2, 0) is 9.59 Å². The van der Waals surface area contributed by atoms with Crippen LogP contribution in [0.4, 0.5) is 0 Å². The van der Waals surface area contributed by atoms with Crippen molar-refractivity contribution in [2.75, 3.05) is 13.1 Å². The standard InChI is InChI=1S/C8H16N4O2/c9-6(8(10)14)4-11-5-1-2-7(13)12-3-5/h5-6,11H,1-4,9H2,(H2,10,14)(H,12,13). The predicted octanol–water partition coefficient (Wildman–Crippen LogP) is -2.33. The third-order valence-electron chi connectivity index (χ3n) is 2.26. The summed E-state index contributed by atoms with van der Waals surface area (Å²) in [4.78, 5) is 21.4. The van der Waals surface area contributed by atoms with Crippen LogP contribution >= 0.6 is 0 Å². The monoisotopic (exact) mass is 200 g/mol. The fourth-order valence-electron chi connectivity index (χ4n) is 1.30. The minimum absolute atomic E-state index is 0.0715. The van der Waals surface area contributed by atoms with Crippen molar-refractivity contribution in [2.45, 2.75) is 24.9 Å². The third kappa shape index (κ3) is 3.31. The SMILES string of the molecule is NC(=O)C(N)CNC1CCC(=O)NC1. The molecule has 0 aromatic rings. The van der Waals surface area contributed by atoms with Gasteiger partial charge in [0.15, 0.2) is 0 Å². The van der Waals surface area contributed by atoms with E-state index < -0.39 is 11.9 Å². The van der Waals surface area contributed by atoms with Crippen molar-refractivity contribution in [3.05, 3.63) is 0 Å². The van der Waals surface area contributed by atoms with Gasteiger partial charge in [0.2, 0.25) is 11.8 Å². The summed E-state index contributed by atoms with van der Waals surface area (Å²) < 4.78 is 0. The maximum Gasteiger partial charge on any atom is 0.235 e. The van der Waals surface area contributed by atoms with E-state index in [4.69, 9.17) is 11.5 Å². The van der Waals surface area contributed by atoms with E-state index in [1.54, 1.807) is 0 Å². The van der Waals surface area contributed by atoms with Crippen molar-refractivity contribution in [1.29, 1.82) is 0 Å². The average molecular weight is 200 g/mol. The molecule has 2 unspecified atom stereocenters. The Morgan fingerprint density at radius 3 is 2.93 bits per heavy atom. The molecule has 0 aliphatic carbocycles. The van der Waals surface area contributed by atoms with Crippen molar-refractivity contribution in [1.82, 2.24) is 10.6 Å². The summed E-state index contributed by atoms with van der Waals surface area (Å²) in [6.45, 7) is 0.945. The number of rotatable bonds is 4. The first-order valence-corrected chi connectivity index (χ1v) is 4.64. The lowest BCUT2D eigenvalue weighted by molar-refractivity contribution is -0.123. The second-order valence-electron chi connectivity index (χ2n) is 3.46.